The fraction of sp³-hybridized carbons (Fsp3) is 0.375. The number of nitrogens with one attached hydrogen (secondary N) is 1. The van der Waals surface area contributed by atoms with Crippen LogP contribution in [-0.2, 0) is 0 Å². The van der Waals surface area contributed by atoms with Crippen LogP contribution < -0.4 is 22.5 Å². The Morgan fingerprint density at radius 1 is 1.18 bits per heavy atom. The first-order chi connectivity index (χ1) is 10.4. The van der Waals surface area contributed by atoms with E-state index in [0.717, 1.165) is 5.69 Å². The Labute approximate surface area is 130 Å². The largest absolute Gasteiger partial charge is 0.399 e. The molecule has 1 aliphatic rings. The lowest BCUT2D eigenvalue weighted by Gasteiger charge is -2.36. The molecular weight excluding hydrogens is 280 g/mol. The van der Waals surface area contributed by atoms with E-state index in [1.807, 2.05) is 36.4 Å². The molecule has 120 valence electrons. The van der Waals surface area contributed by atoms with Crippen LogP contribution in [0.15, 0.2) is 48.2 Å². The van der Waals surface area contributed by atoms with Gasteiger partial charge >= 0.3 is 0 Å². The number of hydrogen-bond acceptors (Lipinski definition) is 6. The summed E-state index contributed by atoms with van der Waals surface area (Å²) in [5, 5.41) is 21.5. The summed E-state index contributed by atoms with van der Waals surface area (Å²) >= 11 is 0. The molecule has 0 spiro atoms. The van der Waals surface area contributed by atoms with E-state index in [2.05, 4.69) is 5.32 Å². The molecule has 1 aliphatic carbocycles. The minimum absolute atomic E-state index is 0.0474. The maximum Gasteiger partial charge on any atom is 0.151 e. The number of allylic oxidation sites excluding steroid dienone is 1. The molecule has 2 unspecified atom stereocenters. The maximum atomic E-state index is 9.08. The first-order valence-corrected chi connectivity index (χ1v) is 7.30. The molecule has 2 atom stereocenters. The number of anilines is 2. The van der Waals surface area contributed by atoms with Crippen LogP contribution in [-0.4, -0.2) is 28.6 Å². The van der Waals surface area contributed by atoms with Gasteiger partial charge in [-0.25, -0.2) is 0 Å². The maximum absolute atomic E-state index is 9.08. The van der Waals surface area contributed by atoms with Crippen molar-refractivity contribution in [3.8, 4) is 0 Å². The van der Waals surface area contributed by atoms with Crippen molar-refractivity contribution in [3.63, 3.8) is 0 Å². The smallest absolute Gasteiger partial charge is 0.151 e. The molecule has 0 heterocycles. The molecule has 6 nitrogen and oxygen atoms in total. The number of aliphatic hydroxyl groups excluding tert-OH is 1. The Bertz CT molecular complexity index is 554. The fourth-order valence-corrected chi connectivity index (χ4v) is 2.54. The van der Waals surface area contributed by atoms with E-state index in [0.29, 0.717) is 24.4 Å². The van der Waals surface area contributed by atoms with Crippen LogP contribution >= 0.6 is 0 Å². The average molecular weight is 304 g/mol. The van der Waals surface area contributed by atoms with Gasteiger partial charge in [-0.3, -0.25) is 0 Å². The predicted molar refractivity (Wildman–Crippen MR) is 88.6 cm³/mol. The zero-order valence-corrected chi connectivity index (χ0v) is 12.4. The third kappa shape index (κ3) is 4.24. The monoisotopic (exact) mass is 304 g/mol. The number of hydrogen-bond donors (Lipinski definition) is 6. The molecule has 0 aromatic heterocycles. The highest BCUT2D eigenvalue weighted by Crippen LogP contribution is 2.29. The summed E-state index contributed by atoms with van der Waals surface area (Å²) in [4.78, 5) is 0. The van der Waals surface area contributed by atoms with Crippen LogP contribution in [0.2, 0.25) is 0 Å². The molecule has 0 bridgehead atoms. The Balaban J connectivity index is 2.04. The summed E-state index contributed by atoms with van der Waals surface area (Å²) in [6.45, 7) is 0.590. The Morgan fingerprint density at radius 3 is 2.50 bits per heavy atom. The molecule has 2 rings (SSSR count). The Hall–Kier alpha value is -2.02. The van der Waals surface area contributed by atoms with Crippen molar-refractivity contribution >= 4 is 11.4 Å². The zero-order chi connectivity index (χ0) is 16.2. The van der Waals surface area contributed by atoms with Crippen LogP contribution in [0.5, 0.6) is 0 Å². The van der Waals surface area contributed by atoms with Crippen molar-refractivity contribution in [3.05, 3.63) is 48.2 Å². The van der Waals surface area contributed by atoms with Crippen molar-refractivity contribution in [2.24, 2.45) is 17.4 Å². The summed E-state index contributed by atoms with van der Waals surface area (Å²) in [6.07, 6.45) is 4.84. The normalized spacial score (nSPS) is 24.4. The van der Waals surface area contributed by atoms with Crippen LogP contribution in [0.1, 0.15) is 12.8 Å². The highest BCUT2D eigenvalue weighted by atomic mass is 16.5. The molecular formula is C16H24N4O2. The molecule has 0 saturated heterocycles. The fourth-order valence-electron chi connectivity index (χ4n) is 2.54. The summed E-state index contributed by atoms with van der Waals surface area (Å²) in [5.41, 5.74) is 19.6. The van der Waals surface area contributed by atoms with Gasteiger partial charge < -0.3 is 32.7 Å². The quantitative estimate of drug-likeness (QED) is 0.335. The lowest BCUT2D eigenvalue weighted by molar-refractivity contribution is -0.0495. The predicted octanol–water partition coefficient (Wildman–Crippen LogP) is 0.498. The van der Waals surface area contributed by atoms with E-state index in [-0.39, 0.29) is 12.3 Å². The molecule has 0 fully saturated rings. The number of nitrogens with two attached hydrogens (primary N) is 3. The number of benzene rings is 1. The van der Waals surface area contributed by atoms with Crippen molar-refractivity contribution < 1.29 is 10.2 Å². The van der Waals surface area contributed by atoms with Crippen molar-refractivity contribution in [1.29, 1.82) is 0 Å². The first kappa shape index (κ1) is 16.4. The summed E-state index contributed by atoms with van der Waals surface area (Å²) in [5.74, 6) is -0.0474. The second-order valence-corrected chi connectivity index (χ2v) is 5.74. The Kier molecular flexibility index (Phi) is 5.07. The molecule has 0 amide bonds. The number of rotatable bonds is 6. The molecule has 1 aromatic rings. The van der Waals surface area contributed by atoms with Gasteiger partial charge in [0.1, 0.15) is 0 Å². The van der Waals surface area contributed by atoms with E-state index < -0.39 is 11.8 Å². The van der Waals surface area contributed by atoms with Crippen molar-refractivity contribution in [1.82, 2.24) is 0 Å². The highest BCUT2D eigenvalue weighted by Gasteiger charge is 2.33. The van der Waals surface area contributed by atoms with Gasteiger partial charge in [-0.1, -0.05) is 12.2 Å². The molecule has 9 N–H and O–H groups in total. The molecule has 0 radical (unpaired) electrons. The van der Waals surface area contributed by atoms with E-state index in [1.165, 1.54) is 0 Å². The van der Waals surface area contributed by atoms with E-state index >= 15 is 0 Å². The molecule has 6 heteroatoms. The minimum atomic E-state index is -1.36. The topological polar surface area (TPSA) is 131 Å². The molecule has 0 aliphatic heterocycles. The van der Waals surface area contributed by atoms with E-state index in [4.69, 9.17) is 27.4 Å². The minimum Gasteiger partial charge on any atom is -0.399 e. The van der Waals surface area contributed by atoms with Crippen molar-refractivity contribution in [2.75, 3.05) is 17.6 Å². The third-order valence-electron chi connectivity index (χ3n) is 3.94. The van der Waals surface area contributed by atoms with Gasteiger partial charge in [0, 0.05) is 35.1 Å². The van der Waals surface area contributed by atoms with Gasteiger partial charge in [-0.05, 0) is 43.2 Å². The number of nitrogen functional groups attached to an aromatic ring is 1. The average Bonchev–Trinajstić information content (AvgIpc) is 2.48. The van der Waals surface area contributed by atoms with Gasteiger partial charge in [0.2, 0.25) is 0 Å². The van der Waals surface area contributed by atoms with Gasteiger partial charge in [0.15, 0.2) is 6.29 Å². The van der Waals surface area contributed by atoms with Crippen LogP contribution in [0, 0.1) is 5.92 Å². The molecule has 22 heavy (non-hydrogen) atoms. The SMILES string of the molecule is NC1=CC(CNc2ccc(N)cc2)C(N)(CCC(O)O)C=C1. The van der Waals surface area contributed by atoms with Crippen LogP contribution in [0.25, 0.3) is 0 Å². The van der Waals surface area contributed by atoms with E-state index in [1.54, 1.807) is 6.08 Å². The summed E-state index contributed by atoms with van der Waals surface area (Å²) in [7, 11) is 0. The van der Waals surface area contributed by atoms with Gasteiger partial charge in [-0.2, -0.15) is 0 Å². The summed E-state index contributed by atoms with van der Waals surface area (Å²) < 4.78 is 0. The third-order valence-corrected chi connectivity index (χ3v) is 3.94. The lowest BCUT2D eigenvalue weighted by Crippen LogP contribution is -2.49. The highest BCUT2D eigenvalue weighted by molar-refractivity contribution is 5.51. The lowest BCUT2D eigenvalue weighted by atomic mass is 9.77. The van der Waals surface area contributed by atoms with Gasteiger partial charge in [0.05, 0.1) is 0 Å². The molecule has 1 aromatic carbocycles. The van der Waals surface area contributed by atoms with E-state index in [9.17, 15) is 0 Å². The second kappa shape index (κ2) is 6.83. The summed E-state index contributed by atoms with van der Waals surface area (Å²) in [6, 6.07) is 7.45. The second-order valence-electron chi connectivity index (χ2n) is 5.74. The zero-order valence-electron chi connectivity index (χ0n) is 12.4. The van der Waals surface area contributed by atoms with Gasteiger partial charge in [-0.15, -0.1) is 0 Å². The molecule has 0 saturated carbocycles. The number of aliphatic hydroxyl groups is 2. The van der Waals surface area contributed by atoms with Gasteiger partial charge in [0.25, 0.3) is 0 Å². The van der Waals surface area contributed by atoms with Crippen LogP contribution in [0.3, 0.4) is 0 Å². The van der Waals surface area contributed by atoms with Crippen molar-refractivity contribution in [2.45, 2.75) is 24.7 Å². The Morgan fingerprint density at radius 2 is 1.86 bits per heavy atom. The first-order valence-electron chi connectivity index (χ1n) is 7.30. The standard InChI is InChI=1S/C16H24N4O2/c17-12-1-3-14(4-2-12)20-10-11-9-13(18)5-7-16(11,19)8-6-15(21)22/h1-5,7,9,11,15,20-22H,6,8,10,17-19H2. The van der Waals surface area contributed by atoms with Crippen LogP contribution in [0.4, 0.5) is 11.4 Å².